The van der Waals surface area contributed by atoms with Crippen molar-refractivity contribution < 1.29 is 4.79 Å². The van der Waals surface area contributed by atoms with Crippen LogP contribution in [0.2, 0.25) is 0 Å². The molecule has 7 heteroatoms. The smallest absolute Gasteiger partial charge is 0.251 e. The number of carbonyl (C=O) groups is 1. The molecule has 1 N–H and O–H groups in total. The number of amides is 1. The average Bonchev–Trinajstić information content (AvgIpc) is 2.99. The van der Waals surface area contributed by atoms with Crippen LogP contribution in [-0.4, -0.2) is 25.7 Å². The van der Waals surface area contributed by atoms with E-state index in [0.717, 1.165) is 15.8 Å². The molecule has 0 saturated heterocycles. The number of benzene rings is 1. The molecule has 0 aliphatic carbocycles. The number of nitrogens with one attached hydrogen (secondary N) is 1. The summed E-state index contributed by atoms with van der Waals surface area (Å²) in [5.41, 5.74) is 0.640. The summed E-state index contributed by atoms with van der Waals surface area (Å²) in [6.07, 6.45) is 0. The summed E-state index contributed by atoms with van der Waals surface area (Å²) in [5.74, 6) is 0.634. The molecule has 1 aromatic carbocycles. The first-order valence-corrected chi connectivity index (χ1v) is 6.56. The van der Waals surface area contributed by atoms with Gasteiger partial charge in [-0.15, -0.1) is 10.2 Å². The molecule has 3 rings (SSSR count). The van der Waals surface area contributed by atoms with Gasteiger partial charge in [0.15, 0.2) is 5.82 Å². The Morgan fingerprint density at radius 1 is 1.32 bits per heavy atom. The molecular formula is C12H11N5OS. The zero-order chi connectivity index (χ0) is 13.2. The summed E-state index contributed by atoms with van der Waals surface area (Å²) in [4.78, 5) is 12.6. The molecule has 0 bridgehead atoms. The molecule has 2 aromatic heterocycles. The maximum atomic E-state index is 11.9. The number of rotatable bonds is 3. The highest BCUT2D eigenvalue weighted by Gasteiger charge is 2.10. The van der Waals surface area contributed by atoms with Gasteiger partial charge < -0.3 is 5.32 Å². The highest BCUT2D eigenvalue weighted by Crippen LogP contribution is 2.13. The summed E-state index contributed by atoms with van der Waals surface area (Å²) < 4.78 is 1.68. The van der Waals surface area contributed by atoms with Gasteiger partial charge in [-0.25, -0.2) is 0 Å². The Labute approximate surface area is 113 Å². The lowest BCUT2D eigenvalue weighted by Crippen LogP contribution is -2.22. The molecule has 0 spiro atoms. The summed E-state index contributed by atoms with van der Waals surface area (Å²) in [6, 6.07) is 9.10. The lowest BCUT2D eigenvalue weighted by atomic mass is 10.2. The van der Waals surface area contributed by atoms with Crippen LogP contribution in [0.1, 0.15) is 21.2 Å². The van der Waals surface area contributed by atoms with Gasteiger partial charge >= 0.3 is 0 Å². The molecule has 0 fully saturated rings. The topological polar surface area (TPSA) is 72.2 Å². The summed E-state index contributed by atoms with van der Waals surface area (Å²) in [5, 5.41) is 15.9. The van der Waals surface area contributed by atoms with Gasteiger partial charge in [0.2, 0.25) is 4.96 Å². The quantitative estimate of drug-likeness (QED) is 0.783. The number of carbonyl (C=O) groups excluding carboxylic acids is 1. The third kappa shape index (κ3) is 2.32. The second kappa shape index (κ2) is 4.77. The maximum Gasteiger partial charge on any atom is 0.251 e. The van der Waals surface area contributed by atoms with Crippen LogP contribution < -0.4 is 5.32 Å². The Kier molecular flexibility index (Phi) is 2.96. The van der Waals surface area contributed by atoms with Crippen LogP contribution in [0.5, 0.6) is 0 Å². The Morgan fingerprint density at radius 2 is 2.11 bits per heavy atom. The van der Waals surface area contributed by atoms with E-state index in [1.165, 1.54) is 11.3 Å². The number of nitrogens with zero attached hydrogens (tertiary/aromatic N) is 4. The minimum absolute atomic E-state index is 0.108. The normalized spacial score (nSPS) is 10.8. The average molecular weight is 273 g/mol. The molecule has 19 heavy (non-hydrogen) atoms. The molecule has 0 saturated carbocycles. The predicted octanol–water partition coefficient (Wildman–Crippen LogP) is 1.42. The predicted molar refractivity (Wildman–Crippen MR) is 71.0 cm³/mol. The number of fused-ring (bicyclic) bond motifs is 1. The molecular weight excluding hydrogens is 262 g/mol. The SMILES string of the molecule is Cc1nnc2sc(CNC(=O)c3ccccc3)nn12. The highest BCUT2D eigenvalue weighted by atomic mass is 32.1. The molecule has 0 aliphatic rings. The highest BCUT2D eigenvalue weighted by molar-refractivity contribution is 7.16. The van der Waals surface area contributed by atoms with Crippen LogP contribution in [0.4, 0.5) is 0 Å². The van der Waals surface area contributed by atoms with E-state index in [9.17, 15) is 4.79 Å². The Bertz CT molecular complexity index is 718. The van der Waals surface area contributed by atoms with E-state index in [-0.39, 0.29) is 5.91 Å². The van der Waals surface area contributed by atoms with Crippen molar-refractivity contribution in [1.29, 1.82) is 0 Å². The van der Waals surface area contributed by atoms with Crippen molar-refractivity contribution in [3.63, 3.8) is 0 Å². The van der Waals surface area contributed by atoms with Gasteiger partial charge in [-0.05, 0) is 19.1 Å². The fourth-order valence-electron chi connectivity index (χ4n) is 1.67. The zero-order valence-corrected chi connectivity index (χ0v) is 11.0. The van der Waals surface area contributed by atoms with Gasteiger partial charge in [0.1, 0.15) is 5.01 Å². The van der Waals surface area contributed by atoms with Gasteiger partial charge in [0.25, 0.3) is 5.91 Å². The number of aryl methyl sites for hydroxylation is 1. The van der Waals surface area contributed by atoms with Crippen LogP contribution in [0.25, 0.3) is 4.96 Å². The second-order valence-corrected chi connectivity index (χ2v) is 5.03. The Balaban J connectivity index is 1.70. The van der Waals surface area contributed by atoms with Gasteiger partial charge in [-0.1, -0.05) is 29.5 Å². The van der Waals surface area contributed by atoms with Crippen LogP contribution in [0, 0.1) is 6.92 Å². The van der Waals surface area contributed by atoms with Crippen molar-refractivity contribution >= 4 is 22.2 Å². The van der Waals surface area contributed by atoms with E-state index >= 15 is 0 Å². The summed E-state index contributed by atoms with van der Waals surface area (Å²) in [6.45, 7) is 2.23. The second-order valence-electron chi connectivity index (χ2n) is 3.99. The van der Waals surface area contributed by atoms with Crippen LogP contribution in [0.3, 0.4) is 0 Å². The molecule has 2 heterocycles. The van der Waals surface area contributed by atoms with Crippen LogP contribution >= 0.6 is 11.3 Å². The molecule has 96 valence electrons. The van der Waals surface area contributed by atoms with Crippen molar-refractivity contribution in [2.24, 2.45) is 0 Å². The largest absolute Gasteiger partial charge is 0.345 e. The van der Waals surface area contributed by atoms with E-state index in [2.05, 4.69) is 20.6 Å². The van der Waals surface area contributed by atoms with Crippen molar-refractivity contribution in [3.05, 3.63) is 46.7 Å². The van der Waals surface area contributed by atoms with Gasteiger partial charge in [-0.3, -0.25) is 4.79 Å². The minimum Gasteiger partial charge on any atom is -0.345 e. The van der Waals surface area contributed by atoms with E-state index < -0.39 is 0 Å². The molecule has 0 unspecified atom stereocenters. The van der Waals surface area contributed by atoms with E-state index in [0.29, 0.717) is 12.1 Å². The van der Waals surface area contributed by atoms with E-state index in [1.54, 1.807) is 16.6 Å². The Hall–Kier alpha value is -2.28. The first-order chi connectivity index (χ1) is 9.24. The van der Waals surface area contributed by atoms with Crippen molar-refractivity contribution in [1.82, 2.24) is 25.1 Å². The van der Waals surface area contributed by atoms with E-state index in [4.69, 9.17) is 0 Å². The first-order valence-electron chi connectivity index (χ1n) is 5.75. The monoisotopic (exact) mass is 273 g/mol. The molecule has 3 aromatic rings. The standard InChI is InChI=1S/C12H11N5OS/c1-8-14-15-12-17(8)16-10(19-12)7-13-11(18)9-5-3-2-4-6-9/h2-6H,7H2,1H3,(H,13,18). The molecule has 6 nitrogen and oxygen atoms in total. The number of aromatic nitrogens is 4. The van der Waals surface area contributed by atoms with Crippen molar-refractivity contribution in [2.45, 2.75) is 13.5 Å². The van der Waals surface area contributed by atoms with Crippen molar-refractivity contribution in [2.75, 3.05) is 0 Å². The third-order valence-electron chi connectivity index (χ3n) is 2.62. The fraction of sp³-hybridized carbons (Fsp3) is 0.167. The fourth-order valence-corrected chi connectivity index (χ4v) is 2.49. The zero-order valence-electron chi connectivity index (χ0n) is 10.2. The van der Waals surface area contributed by atoms with E-state index in [1.807, 2.05) is 25.1 Å². The summed E-state index contributed by atoms with van der Waals surface area (Å²) >= 11 is 1.42. The van der Waals surface area contributed by atoms with Crippen molar-refractivity contribution in [3.8, 4) is 0 Å². The molecule has 1 amide bonds. The van der Waals surface area contributed by atoms with Gasteiger partial charge in [0.05, 0.1) is 6.54 Å². The minimum atomic E-state index is -0.108. The lowest BCUT2D eigenvalue weighted by molar-refractivity contribution is 0.0951. The number of hydrogen-bond acceptors (Lipinski definition) is 5. The summed E-state index contributed by atoms with van der Waals surface area (Å²) in [7, 11) is 0. The Morgan fingerprint density at radius 3 is 2.84 bits per heavy atom. The molecule has 0 aliphatic heterocycles. The first kappa shape index (κ1) is 11.8. The van der Waals surface area contributed by atoms with Gasteiger partial charge in [0, 0.05) is 5.56 Å². The van der Waals surface area contributed by atoms with Crippen LogP contribution in [0.15, 0.2) is 30.3 Å². The van der Waals surface area contributed by atoms with Gasteiger partial charge in [-0.2, -0.15) is 9.61 Å². The maximum absolute atomic E-state index is 11.9. The number of hydrogen-bond donors (Lipinski definition) is 1. The lowest BCUT2D eigenvalue weighted by Gasteiger charge is -2.01. The molecule has 0 radical (unpaired) electrons. The third-order valence-corrected chi connectivity index (χ3v) is 3.52. The van der Waals surface area contributed by atoms with Crippen LogP contribution in [-0.2, 0) is 6.54 Å². The molecule has 0 atom stereocenters.